The number of nitrogens with two attached hydrogens (primary N) is 1. The van der Waals surface area contributed by atoms with Crippen LogP contribution >= 0.6 is 11.8 Å². The van der Waals surface area contributed by atoms with Crippen LogP contribution in [-0.2, 0) is 11.3 Å². The van der Waals surface area contributed by atoms with Gasteiger partial charge in [0.05, 0.1) is 12.6 Å². The average Bonchev–Trinajstić information content (AvgIpc) is 3.12. The summed E-state index contributed by atoms with van der Waals surface area (Å²) in [5.74, 6) is 0.559. The van der Waals surface area contributed by atoms with Crippen LogP contribution in [0, 0.1) is 0 Å². The van der Waals surface area contributed by atoms with E-state index in [1.165, 1.54) is 16.0 Å². The van der Waals surface area contributed by atoms with E-state index in [9.17, 15) is 4.79 Å². The van der Waals surface area contributed by atoms with Gasteiger partial charge in [0.2, 0.25) is 6.41 Å². The van der Waals surface area contributed by atoms with Crippen LogP contribution in [0.15, 0.2) is 46.3 Å². The van der Waals surface area contributed by atoms with E-state index in [-0.39, 0.29) is 6.04 Å². The van der Waals surface area contributed by atoms with E-state index < -0.39 is 0 Å². The largest absolute Gasteiger partial charge is 0.386 e. The summed E-state index contributed by atoms with van der Waals surface area (Å²) in [7, 11) is 0. The standard InChI is InChI=1S/C21H29N3OS/c1-4-5-13-26-20(16(2)3)18-10-8-17(9-11-18)14-23-21(22)19-7-6-12-24(19)15-25/h5,8-11,13,15,19H,4,6-7,12,14H2,1-3H3,(H2,22,23)/b13-5-. The van der Waals surface area contributed by atoms with Crippen LogP contribution in [0.5, 0.6) is 0 Å². The molecule has 2 rings (SSSR count). The number of benzene rings is 1. The quantitative estimate of drug-likeness (QED) is 0.414. The molecule has 1 fully saturated rings. The van der Waals surface area contributed by atoms with E-state index in [4.69, 9.17) is 5.73 Å². The minimum absolute atomic E-state index is 0.0363. The molecule has 1 atom stereocenters. The molecule has 5 heteroatoms. The first kappa shape index (κ1) is 20.3. The van der Waals surface area contributed by atoms with E-state index in [0.717, 1.165) is 37.8 Å². The smallest absolute Gasteiger partial charge is 0.210 e. The van der Waals surface area contributed by atoms with E-state index in [0.29, 0.717) is 12.4 Å². The van der Waals surface area contributed by atoms with Crippen LogP contribution in [0.25, 0.3) is 4.91 Å². The third kappa shape index (κ3) is 5.49. The van der Waals surface area contributed by atoms with Crippen molar-refractivity contribution in [1.82, 2.24) is 4.90 Å². The number of aliphatic imine (C=N–C) groups is 1. The molecule has 0 aromatic heterocycles. The number of carbonyl (C=O) groups excluding carboxylic acids is 1. The van der Waals surface area contributed by atoms with Crippen molar-refractivity contribution >= 4 is 28.9 Å². The number of rotatable bonds is 8. The van der Waals surface area contributed by atoms with Crippen LogP contribution < -0.4 is 5.73 Å². The monoisotopic (exact) mass is 371 g/mol. The number of amides is 1. The van der Waals surface area contributed by atoms with E-state index in [1.807, 2.05) is 0 Å². The highest BCUT2D eigenvalue weighted by Crippen LogP contribution is 2.32. The lowest BCUT2D eigenvalue weighted by molar-refractivity contribution is -0.117. The molecule has 1 aromatic rings. The predicted octanol–water partition coefficient (Wildman–Crippen LogP) is 4.57. The first-order valence-corrected chi connectivity index (χ1v) is 10.0. The van der Waals surface area contributed by atoms with Gasteiger partial charge in [0.15, 0.2) is 0 Å². The summed E-state index contributed by atoms with van der Waals surface area (Å²) in [5.41, 5.74) is 9.76. The fourth-order valence-electron chi connectivity index (χ4n) is 2.97. The molecule has 26 heavy (non-hydrogen) atoms. The second-order valence-corrected chi connectivity index (χ2v) is 7.58. The fourth-order valence-corrected chi connectivity index (χ4v) is 3.90. The summed E-state index contributed by atoms with van der Waals surface area (Å²) in [4.78, 5) is 18.6. The first-order chi connectivity index (χ1) is 12.6. The number of hydrogen-bond donors (Lipinski definition) is 1. The molecule has 1 aliphatic rings. The molecule has 0 radical (unpaired) electrons. The van der Waals surface area contributed by atoms with Crippen LogP contribution in [-0.4, -0.2) is 29.7 Å². The Hall–Kier alpha value is -2.01. The Labute approximate surface area is 161 Å². The maximum Gasteiger partial charge on any atom is 0.210 e. The summed E-state index contributed by atoms with van der Waals surface area (Å²) in [6, 6.07) is 8.45. The molecule has 1 aliphatic heterocycles. The Kier molecular flexibility index (Phi) is 7.98. The second-order valence-electron chi connectivity index (χ2n) is 6.67. The van der Waals surface area contributed by atoms with Gasteiger partial charge >= 0.3 is 0 Å². The zero-order chi connectivity index (χ0) is 18.9. The molecule has 0 saturated carbocycles. The van der Waals surface area contributed by atoms with Gasteiger partial charge < -0.3 is 10.6 Å². The van der Waals surface area contributed by atoms with Gasteiger partial charge in [-0.1, -0.05) is 54.6 Å². The normalized spacial score (nSPS) is 17.7. The molecule has 4 nitrogen and oxygen atoms in total. The number of allylic oxidation sites excluding steroid dienone is 2. The summed E-state index contributed by atoms with van der Waals surface area (Å²) in [6.07, 6.45) is 5.98. The highest BCUT2D eigenvalue weighted by atomic mass is 32.2. The van der Waals surface area contributed by atoms with Gasteiger partial charge in [0, 0.05) is 11.4 Å². The summed E-state index contributed by atoms with van der Waals surface area (Å²) < 4.78 is 0. The third-order valence-electron chi connectivity index (χ3n) is 4.40. The predicted molar refractivity (Wildman–Crippen MR) is 113 cm³/mol. The molecule has 1 saturated heterocycles. The van der Waals surface area contributed by atoms with Gasteiger partial charge in [-0.3, -0.25) is 9.79 Å². The topological polar surface area (TPSA) is 58.7 Å². The molecule has 1 amide bonds. The van der Waals surface area contributed by atoms with Crippen molar-refractivity contribution in [3.05, 3.63) is 52.4 Å². The van der Waals surface area contributed by atoms with E-state index >= 15 is 0 Å². The van der Waals surface area contributed by atoms with Gasteiger partial charge in [0.1, 0.15) is 5.84 Å². The molecule has 140 valence electrons. The Bertz CT molecular complexity index is 688. The van der Waals surface area contributed by atoms with Crippen molar-refractivity contribution in [1.29, 1.82) is 0 Å². The zero-order valence-electron chi connectivity index (χ0n) is 15.9. The molecule has 1 aromatic carbocycles. The van der Waals surface area contributed by atoms with Crippen molar-refractivity contribution in [2.75, 3.05) is 6.54 Å². The maximum absolute atomic E-state index is 11.1. The number of thioether (sulfide) groups is 1. The molecule has 0 bridgehead atoms. The lowest BCUT2D eigenvalue weighted by Crippen LogP contribution is -2.39. The summed E-state index contributed by atoms with van der Waals surface area (Å²) >= 11 is 1.76. The molecular formula is C21H29N3OS. The van der Waals surface area contributed by atoms with Crippen molar-refractivity contribution in [3.8, 4) is 0 Å². The third-order valence-corrected chi connectivity index (χ3v) is 5.61. The minimum Gasteiger partial charge on any atom is -0.386 e. The first-order valence-electron chi connectivity index (χ1n) is 9.16. The number of carbonyl (C=O) groups is 1. The molecule has 0 aliphatic carbocycles. The number of hydrogen-bond acceptors (Lipinski definition) is 3. The molecule has 2 N–H and O–H groups in total. The lowest BCUT2D eigenvalue weighted by Gasteiger charge is -2.19. The molecular weight excluding hydrogens is 342 g/mol. The minimum atomic E-state index is -0.0363. The van der Waals surface area contributed by atoms with Crippen LogP contribution in [0.4, 0.5) is 0 Å². The van der Waals surface area contributed by atoms with Crippen LogP contribution in [0.1, 0.15) is 51.2 Å². The Morgan fingerprint density at radius 1 is 1.35 bits per heavy atom. The molecule has 0 spiro atoms. The molecule has 1 unspecified atom stereocenters. The van der Waals surface area contributed by atoms with Crippen molar-refractivity contribution in [2.24, 2.45) is 10.7 Å². The Morgan fingerprint density at radius 3 is 2.69 bits per heavy atom. The van der Waals surface area contributed by atoms with Gasteiger partial charge in [0.25, 0.3) is 0 Å². The van der Waals surface area contributed by atoms with E-state index in [2.05, 4.69) is 61.5 Å². The number of amidine groups is 1. The SMILES string of the molecule is CC/C=C\SC(=C(C)C)c1ccc(CN=C(N)C2CCCN2C=O)cc1. The van der Waals surface area contributed by atoms with Crippen molar-refractivity contribution in [3.63, 3.8) is 0 Å². The van der Waals surface area contributed by atoms with Crippen LogP contribution in [0.2, 0.25) is 0 Å². The fraction of sp³-hybridized carbons (Fsp3) is 0.429. The lowest BCUT2D eigenvalue weighted by atomic mass is 10.1. The van der Waals surface area contributed by atoms with E-state index in [1.54, 1.807) is 16.7 Å². The summed E-state index contributed by atoms with van der Waals surface area (Å²) in [6.45, 7) is 7.74. The Morgan fingerprint density at radius 2 is 2.08 bits per heavy atom. The Balaban J connectivity index is 2.04. The summed E-state index contributed by atoms with van der Waals surface area (Å²) in [5, 5.41) is 2.15. The van der Waals surface area contributed by atoms with Gasteiger partial charge in [-0.05, 0) is 49.6 Å². The number of likely N-dealkylation sites (tertiary alicyclic amines) is 1. The van der Waals surface area contributed by atoms with Gasteiger partial charge in [-0.25, -0.2) is 0 Å². The van der Waals surface area contributed by atoms with Gasteiger partial charge in [-0.2, -0.15) is 0 Å². The van der Waals surface area contributed by atoms with Crippen LogP contribution in [0.3, 0.4) is 0 Å². The number of nitrogens with zero attached hydrogens (tertiary/aromatic N) is 2. The highest BCUT2D eigenvalue weighted by molar-refractivity contribution is 8.10. The van der Waals surface area contributed by atoms with Crippen molar-refractivity contribution < 1.29 is 4.79 Å². The second kappa shape index (κ2) is 10.2. The average molecular weight is 372 g/mol. The molecule has 1 heterocycles. The van der Waals surface area contributed by atoms with Crippen molar-refractivity contribution in [2.45, 2.75) is 52.6 Å². The van der Waals surface area contributed by atoms with Gasteiger partial charge in [-0.15, -0.1) is 0 Å². The zero-order valence-corrected chi connectivity index (χ0v) is 16.8. The maximum atomic E-state index is 11.1. The highest BCUT2D eigenvalue weighted by Gasteiger charge is 2.25.